The van der Waals surface area contributed by atoms with E-state index in [2.05, 4.69) is 9.93 Å². The monoisotopic (exact) mass is 334 g/mol. The molecular formula is C11H8Cl2N2O2S2. The molecule has 100 valence electrons. The highest BCUT2D eigenvalue weighted by molar-refractivity contribution is 7.89. The fourth-order valence-electron chi connectivity index (χ4n) is 1.22. The molecule has 0 atom stereocenters. The molecule has 0 fully saturated rings. The minimum Gasteiger partial charge on any atom is -0.200 e. The Hall–Kier alpha value is -1.08. The first kappa shape index (κ1) is 14.3. The molecule has 0 spiro atoms. The van der Waals surface area contributed by atoms with Crippen LogP contribution in [0.15, 0.2) is 46.4 Å². The van der Waals surface area contributed by atoms with E-state index in [0.717, 1.165) is 4.88 Å². The molecule has 0 aliphatic heterocycles. The zero-order chi connectivity index (χ0) is 13.9. The first-order chi connectivity index (χ1) is 8.97. The van der Waals surface area contributed by atoms with E-state index in [1.54, 1.807) is 12.1 Å². The van der Waals surface area contributed by atoms with Crippen molar-refractivity contribution in [1.82, 2.24) is 4.83 Å². The number of thiophene rings is 1. The molecule has 0 unspecified atom stereocenters. The smallest absolute Gasteiger partial charge is 0.200 e. The molecule has 0 aliphatic rings. The van der Waals surface area contributed by atoms with E-state index in [1.165, 1.54) is 41.8 Å². The van der Waals surface area contributed by atoms with Gasteiger partial charge in [0.15, 0.2) is 0 Å². The van der Waals surface area contributed by atoms with Gasteiger partial charge in [-0.05, 0) is 36.4 Å². The van der Waals surface area contributed by atoms with Crippen molar-refractivity contribution in [2.24, 2.45) is 5.10 Å². The van der Waals surface area contributed by atoms with Crippen LogP contribution in [0.25, 0.3) is 0 Å². The maximum atomic E-state index is 11.8. The topological polar surface area (TPSA) is 58.5 Å². The molecule has 0 amide bonds. The summed E-state index contributed by atoms with van der Waals surface area (Å²) in [7, 11) is -3.68. The molecule has 8 heteroatoms. The quantitative estimate of drug-likeness (QED) is 0.688. The number of nitrogens with one attached hydrogen (secondary N) is 1. The van der Waals surface area contributed by atoms with Gasteiger partial charge >= 0.3 is 0 Å². The summed E-state index contributed by atoms with van der Waals surface area (Å²) < 4.78 is 24.3. The largest absolute Gasteiger partial charge is 0.276 e. The van der Waals surface area contributed by atoms with Crippen molar-refractivity contribution < 1.29 is 8.42 Å². The van der Waals surface area contributed by atoms with Crippen LogP contribution >= 0.6 is 34.5 Å². The number of hydrazone groups is 1. The van der Waals surface area contributed by atoms with Crippen LogP contribution in [0.5, 0.6) is 0 Å². The highest BCUT2D eigenvalue weighted by Gasteiger charge is 2.11. The SMILES string of the molecule is O=S(=O)(N/N=C\c1ccc(Cl)s1)c1ccc(Cl)cc1. The van der Waals surface area contributed by atoms with Crippen LogP contribution in [0.1, 0.15) is 4.88 Å². The summed E-state index contributed by atoms with van der Waals surface area (Å²) in [5.74, 6) is 0. The van der Waals surface area contributed by atoms with Gasteiger partial charge in [0.2, 0.25) is 0 Å². The Morgan fingerprint density at radius 1 is 1.11 bits per heavy atom. The number of benzene rings is 1. The molecule has 0 saturated carbocycles. The zero-order valence-corrected chi connectivity index (χ0v) is 12.5. The summed E-state index contributed by atoms with van der Waals surface area (Å²) in [6, 6.07) is 9.26. The zero-order valence-electron chi connectivity index (χ0n) is 9.38. The number of sulfonamides is 1. The van der Waals surface area contributed by atoms with Gasteiger partial charge in [-0.25, -0.2) is 4.83 Å². The van der Waals surface area contributed by atoms with Gasteiger partial charge in [-0.3, -0.25) is 0 Å². The van der Waals surface area contributed by atoms with Gasteiger partial charge < -0.3 is 0 Å². The minimum atomic E-state index is -3.68. The molecule has 2 aromatic rings. The average Bonchev–Trinajstić information content (AvgIpc) is 2.75. The van der Waals surface area contributed by atoms with Crippen molar-refractivity contribution in [3.05, 3.63) is 50.6 Å². The van der Waals surface area contributed by atoms with Crippen molar-refractivity contribution in [2.75, 3.05) is 0 Å². The predicted octanol–water partition coefficient (Wildman–Crippen LogP) is 3.37. The summed E-state index contributed by atoms with van der Waals surface area (Å²) in [6.45, 7) is 0. The van der Waals surface area contributed by atoms with Crippen LogP contribution in [0.4, 0.5) is 0 Å². The fraction of sp³-hybridized carbons (Fsp3) is 0. The van der Waals surface area contributed by atoms with Crippen LogP contribution in [0.3, 0.4) is 0 Å². The Kier molecular flexibility index (Phi) is 4.46. The number of halogens is 2. The lowest BCUT2D eigenvalue weighted by Crippen LogP contribution is -2.18. The second-order valence-electron chi connectivity index (χ2n) is 3.45. The minimum absolute atomic E-state index is 0.0956. The van der Waals surface area contributed by atoms with Gasteiger partial charge in [-0.1, -0.05) is 23.2 Å². The first-order valence-corrected chi connectivity index (χ1v) is 8.09. The van der Waals surface area contributed by atoms with Crippen molar-refractivity contribution in [2.45, 2.75) is 4.90 Å². The number of hydrogen-bond acceptors (Lipinski definition) is 4. The molecule has 1 aromatic carbocycles. The summed E-state index contributed by atoms with van der Waals surface area (Å²) in [6.07, 6.45) is 1.39. The Balaban J connectivity index is 2.09. The van der Waals surface area contributed by atoms with Crippen molar-refractivity contribution in [1.29, 1.82) is 0 Å². The maximum absolute atomic E-state index is 11.8. The highest BCUT2D eigenvalue weighted by Crippen LogP contribution is 2.19. The lowest BCUT2D eigenvalue weighted by molar-refractivity contribution is 0.584. The number of nitrogens with zero attached hydrogens (tertiary/aromatic N) is 1. The molecule has 0 aliphatic carbocycles. The van der Waals surface area contributed by atoms with Crippen LogP contribution in [-0.2, 0) is 10.0 Å². The van der Waals surface area contributed by atoms with Gasteiger partial charge in [0.25, 0.3) is 10.0 Å². The second-order valence-corrected chi connectivity index (χ2v) is 7.29. The van der Waals surface area contributed by atoms with Gasteiger partial charge in [0.05, 0.1) is 15.4 Å². The van der Waals surface area contributed by atoms with Crippen molar-refractivity contribution in [3.8, 4) is 0 Å². The Labute approximate surface area is 124 Å². The molecule has 0 saturated heterocycles. The first-order valence-electron chi connectivity index (χ1n) is 5.03. The van der Waals surface area contributed by atoms with E-state index in [0.29, 0.717) is 9.36 Å². The fourth-order valence-corrected chi connectivity index (χ4v) is 3.07. The molecule has 1 aromatic heterocycles. The average molecular weight is 335 g/mol. The Morgan fingerprint density at radius 2 is 1.79 bits per heavy atom. The van der Waals surface area contributed by atoms with Crippen molar-refractivity contribution in [3.63, 3.8) is 0 Å². The van der Waals surface area contributed by atoms with E-state index in [9.17, 15) is 8.42 Å². The second kappa shape index (κ2) is 5.92. The van der Waals surface area contributed by atoms with Gasteiger partial charge in [-0.2, -0.15) is 13.5 Å². The Bertz CT molecular complexity index is 694. The van der Waals surface area contributed by atoms with Crippen LogP contribution in [0.2, 0.25) is 9.36 Å². The standard InChI is InChI=1S/C11H8Cl2N2O2S2/c12-8-1-4-10(5-2-8)19(16,17)15-14-7-9-3-6-11(13)18-9/h1-7,15H/b14-7-. The lowest BCUT2D eigenvalue weighted by Gasteiger charge is -2.02. The van der Waals surface area contributed by atoms with E-state index in [4.69, 9.17) is 23.2 Å². The summed E-state index contributed by atoms with van der Waals surface area (Å²) >= 11 is 12.7. The van der Waals surface area contributed by atoms with E-state index < -0.39 is 10.0 Å². The third kappa shape index (κ3) is 3.94. The molecule has 0 bridgehead atoms. The Morgan fingerprint density at radius 3 is 2.37 bits per heavy atom. The van der Waals surface area contributed by atoms with Crippen LogP contribution in [0, 0.1) is 0 Å². The molecule has 1 N–H and O–H groups in total. The molecule has 2 rings (SSSR count). The van der Waals surface area contributed by atoms with Crippen molar-refractivity contribution >= 4 is 50.8 Å². The van der Waals surface area contributed by atoms with Crippen LogP contribution < -0.4 is 4.83 Å². The predicted molar refractivity (Wildman–Crippen MR) is 78.7 cm³/mol. The number of hydrogen-bond donors (Lipinski definition) is 1. The molecule has 19 heavy (non-hydrogen) atoms. The lowest BCUT2D eigenvalue weighted by atomic mass is 10.4. The summed E-state index contributed by atoms with van der Waals surface area (Å²) in [5.41, 5.74) is 0. The maximum Gasteiger partial charge on any atom is 0.276 e. The van der Waals surface area contributed by atoms with Gasteiger partial charge in [0, 0.05) is 9.90 Å². The molecule has 0 radical (unpaired) electrons. The molecular weight excluding hydrogens is 327 g/mol. The van der Waals surface area contributed by atoms with Crippen LogP contribution in [-0.4, -0.2) is 14.6 Å². The van der Waals surface area contributed by atoms with E-state index in [-0.39, 0.29) is 4.90 Å². The third-order valence-corrected chi connectivity index (χ3v) is 4.74. The highest BCUT2D eigenvalue weighted by atomic mass is 35.5. The normalized spacial score (nSPS) is 11.9. The van der Waals surface area contributed by atoms with Gasteiger partial charge in [-0.15, -0.1) is 11.3 Å². The van der Waals surface area contributed by atoms with Gasteiger partial charge in [0.1, 0.15) is 0 Å². The summed E-state index contributed by atoms with van der Waals surface area (Å²) in [5, 5.41) is 4.15. The van der Waals surface area contributed by atoms with E-state index >= 15 is 0 Å². The number of rotatable bonds is 4. The molecule has 4 nitrogen and oxygen atoms in total. The summed E-state index contributed by atoms with van der Waals surface area (Å²) in [4.78, 5) is 2.96. The third-order valence-electron chi connectivity index (χ3n) is 2.08. The molecule has 1 heterocycles. The van der Waals surface area contributed by atoms with E-state index in [1.807, 2.05) is 0 Å².